The van der Waals surface area contributed by atoms with Crippen LogP contribution in [0.5, 0.6) is 0 Å². The maximum Gasteiger partial charge on any atom is 0.250 e. The lowest BCUT2D eigenvalue weighted by molar-refractivity contribution is -0.131. The quantitative estimate of drug-likeness (QED) is 0.574. The Kier molecular flexibility index (Phi) is 4.22. The van der Waals surface area contributed by atoms with Gasteiger partial charge in [-0.2, -0.15) is 0 Å². The van der Waals surface area contributed by atoms with Crippen molar-refractivity contribution < 1.29 is 4.79 Å². The molecule has 0 saturated heterocycles. The van der Waals surface area contributed by atoms with Gasteiger partial charge < -0.3 is 9.88 Å². The molecule has 1 atom stereocenters. The fourth-order valence-corrected chi connectivity index (χ4v) is 4.30. The predicted octanol–water partition coefficient (Wildman–Crippen LogP) is 6.16. The molecule has 0 bridgehead atoms. The first-order valence-electron chi connectivity index (χ1n) is 9.89. The van der Waals surface area contributed by atoms with Crippen LogP contribution in [0.15, 0.2) is 59.7 Å². The van der Waals surface area contributed by atoms with Crippen molar-refractivity contribution in [2.24, 2.45) is 0 Å². The summed E-state index contributed by atoms with van der Waals surface area (Å²) in [6.07, 6.45) is 0. The molecule has 0 fully saturated rings. The SMILES string of the molecule is CC1=C(C)[C@@H](c2c(-c3ccc(C)cc3)[nH]c3ccccc23)N(C(C)(C)C)C1=O. The zero-order valence-electron chi connectivity index (χ0n) is 17.6. The summed E-state index contributed by atoms with van der Waals surface area (Å²) < 4.78 is 0. The van der Waals surface area contributed by atoms with Gasteiger partial charge in [-0.3, -0.25) is 4.79 Å². The molecular formula is C25H28N2O. The van der Waals surface area contributed by atoms with Crippen LogP contribution in [-0.2, 0) is 4.79 Å². The van der Waals surface area contributed by atoms with E-state index >= 15 is 0 Å². The monoisotopic (exact) mass is 372 g/mol. The van der Waals surface area contributed by atoms with E-state index in [-0.39, 0.29) is 17.5 Å². The number of aromatic amines is 1. The Morgan fingerprint density at radius 3 is 2.21 bits per heavy atom. The molecule has 28 heavy (non-hydrogen) atoms. The van der Waals surface area contributed by atoms with E-state index in [0.717, 1.165) is 27.9 Å². The van der Waals surface area contributed by atoms with Crippen LogP contribution < -0.4 is 0 Å². The predicted molar refractivity (Wildman–Crippen MR) is 116 cm³/mol. The van der Waals surface area contributed by atoms with Crippen LogP contribution in [0.1, 0.15) is 51.8 Å². The Bertz CT molecular complexity index is 1090. The number of aromatic nitrogens is 1. The first-order valence-corrected chi connectivity index (χ1v) is 9.89. The van der Waals surface area contributed by atoms with E-state index in [4.69, 9.17) is 0 Å². The molecule has 0 radical (unpaired) electrons. The summed E-state index contributed by atoms with van der Waals surface area (Å²) in [5, 5.41) is 1.18. The molecule has 3 nitrogen and oxygen atoms in total. The van der Waals surface area contributed by atoms with Gasteiger partial charge in [0.25, 0.3) is 5.91 Å². The molecular weight excluding hydrogens is 344 g/mol. The third-order valence-electron chi connectivity index (χ3n) is 5.88. The number of amides is 1. The molecule has 1 aliphatic heterocycles. The molecule has 0 unspecified atom stereocenters. The second-order valence-electron chi connectivity index (χ2n) is 8.88. The minimum Gasteiger partial charge on any atom is -0.354 e. The largest absolute Gasteiger partial charge is 0.354 e. The van der Waals surface area contributed by atoms with Crippen molar-refractivity contribution in [3.63, 3.8) is 0 Å². The van der Waals surface area contributed by atoms with Crippen LogP contribution in [0, 0.1) is 6.92 Å². The molecule has 0 aliphatic carbocycles. The number of nitrogens with zero attached hydrogens (tertiary/aromatic N) is 1. The van der Waals surface area contributed by atoms with E-state index in [2.05, 4.69) is 88.1 Å². The first kappa shape index (κ1) is 18.5. The molecule has 3 heteroatoms. The highest BCUT2D eigenvalue weighted by Gasteiger charge is 2.43. The van der Waals surface area contributed by atoms with Crippen LogP contribution in [0.25, 0.3) is 22.2 Å². The molecule has 0 spiro atoms. The van der Waals surface area contributed by atoms with Gasteiger partial charge in [-0.1, -0.05) is 48.0 Å². The number of benzene rings is 2. The van der Waals surface area contributed by atoms with Gasteiger partial charge in [0, 0.05) is 27.6 Å². The minimum atomic E-state index is -0.274. The number of nitrogens with one attached hydrogen (secondary N) is 1. The molecule has 3 aromatic rings. The van der Waals surface area contributed by atoms with Gasteiger partial charge in [-0.25, -0.2) is 0 Å². The molecule has 1 N–H and O–H groups in total. The number of carbonyl (C=O) groups is 1. The van der Waals surface area contributed by atoms with Crippen LogP contribution >= 0.6 is 0 Å². The molecule has 1 amide bonds. The van der Waals surface area contributed by atoms with Crippen LogP contribution in [-0.4, -0.2) is 21.3 Å². The summed E-state index contributed by atoms with van der Waals surface area (Å²) in [6.45, 7) is 12.5. The minimum absolute atomic E-state index is 0.0695. The average molecular weight is 373 g/mol. The number of fused-ring (bicyclic) bond motifs is 1. The Morgan fingerprint density at radius 2 is 1.57 bits per heavy atom. The highest BCUT2D eigenvalue weighted by Crippen LogP contribution is 2.47. The van der Waals surface area contributed by atoms with Crippen molar-refractivity contribution in [3.8, 4) is 11.3 Å². The fraction of sp³-hybridized carbons (Fsp3) is 0.320. The van der Waals surface area contributed by atoms with Crippen molar-refractivity contribution in [1.29, 1.82) is 0 Å². The van der Waals surface area contributed by atoms with Crippen molar-refractivity contribution in [1.82, 2.24) is 9.88 Å². The maximum atomic E-state index is 13.2. The lowest BCUT2D eigenvalue weighted by Gasteiger charge is -2.38. The van der Waals surface area contributed by atoms with Gasteiger partial charge in [0.15, 0.2) is 0 Å². The van der Waals surface area contributed by atoms with Gasteiger partial charge in [0.05, 0.1) is 11.7 Å². The van der Waals surface area contributed by atoms with Gasteiger partial charge in [0.2, 0.25) is 0 Å². The Hall–Kier alpha value is -2.81. The number of hydrogen-bond acceptors (Lipinski definition) is 1. The summed E-state index contributed by atoms with van der Waals surface area (Å²) >= 11 is 0. The number of para-hydroxylation sites is 1. The van der Waals surface area contributed by atoms with Gasteiger partial charge in [-0.05, 0) is 58.7 Å². The summed E-state index contributed by atoms with van der Waals surface area (Å²) in [7, 11) is 0. The molecule has 2 aromatic carbocycles. The third-order valence-corrected chi connectivity index (χ3v) is 5.88. The summed E-state index contributed by atoms with van der Waals surface area (Å²) in [4.78, 5) is 18.8. The van der Waals surface area contributed by atoms with Gasteiger partial charge in [0.1, 0.15) is 0 Å². The number of carbonyl (C=O) groups excluding carboxylic acids is 1. The lowest BCUT2D eigenvalue weighted by atomic mass is 9.91. The zero-order chi connectivity index (χ0) is 20.2. The Balaban J connectivity index is 2.03. The number of H-pyrrole nitrogens is 1. The molecule has 4 rings (SSSR count). The first-order chi connectivity index (χ1) is 13.2. The van der Waals surface area contributed by atoms with E-state index < -0.39 is 0 Å². The zero-order valence-corrected chi connectivity index (χ0v) is 17.6. The molecule has 1 aromatic heterocycles. The third kappa shape index (κ3) is 2.77. The second kappa shape index (κ2) is 6.37. The number of hydrogen-bond donors (Lipinski definition) is 1. The average Bonchev–Trinajstić information content (AvgIpc) is 3.12. The lowest BCUT2D eigenvalue weighted by Crippen LogP contribution is -2.45. The number of aryl methyl sites for hydroxylation is 1. The Labute approximate surface area is 167 Å². The van der Waals surface area contributed by atoms with Crippen LogP contribution in [0.4, 0.5) is 0 Å². The van der Waals surface area contributed by atoms with Gasteiger partial charge >= 0.3 is 0 Å². The van der Waals surface area contributed by atoms with Crippen LogP contribution in [0.2, 0.25) is 0 Å². The summed E-state index contributed by atoms with van der Waals surface area (Å²) in [5.74, 6) is 0.134. The number of rotatable bonds is 2. The summed E-state index contributed by atoms with van der Waals surface area (Å²) in [5.41, 5.74) is 7.50. The van der Waals surface area contributed by atoms with Crippen molar-refractivity contribution in [2.45, 2.75) is 53.1 Å². The molecule has 1 aliphatic rings. The fourth-order valence-electron chi connectivity index (χ4n) is 4.30. The molecule has 0 saturated carbocycles. The highest BCUT2D eigenvalue weighted by molar-refractivity contribution is 6.00. The summed E-state index contributed by atoms with van der Waals surface area (Å²) in [6, 6.07) is 16.9. The highest BCUT2D eigenvalue weighted by atomic mass is 16.2. The van der Waals surface area contributed by atoms with Gasteiger partial charge in [-0.15, -0.1) is 0 Å². The topological polar surface area (TPSA) is 36.1 Å². The normalized spacial score (nSPS) is 17.9. The van der Waals surface area contributed by atoms with E-state index in [1.807, 2.05) is 11.8 Å². The van der Waals surface area contributed by atoms with E-state index in [1.54, 1.807) is 0 Å². The maximum absolute atomic E-state index is 13.2. The second-order valence-corrected chi connectivity index (χ2v) is 8.88. The van der Waals surface area contributed by atoms with Crippen molar-refractivity contribution >= 4 is 16.8 Å². The standard InChI is InChI=1S/C25H28N2O/c1-15-11-13-18(14-12-15)22-21(19-9-7-8-10-20(19)26-22)23-16(2)17(3)24(28)27(23)25(4,5)6/h7-14,23,26H,1-6H3/t23-/m0/s1. The van der Waals surface area contributed by atoms with Crippen LogP contribution in [0.3, 0.4) is 0 Å². The Morgan fingerprint density at radius 1 is 0.929 bits per heavy atom. The van der Waals surface area contributed by atoms with E-state index in [1.165, 1.54) is 16.5 Å². The molecule has 144 valence electrons. The molecule has 2 heterocycles. The van der Waals surface area contributed by atoms with E-state index in [0.29, 0.717) is 0 Å². The van der Waals surface area contributed by atoms with E-state index in [9.17, 15) is 4.79 Å². The van der Waals surface area contributed by atoms with Crippen molar-refractivity contribution in [2.75, 3.05) is 0 Å². The smallest absolute Gasteiger partial charge is 0.250 e. The van der Waals surface area contributed by atoms with Crippen molar-refractivity contribution in [3.05, 3.63) is 70.8 Å².